The molecule has 2 heterocycles. The van der Waals surface area contributed by atoms with Gasteiger partial charge in [0.1, 0.15) is 0 Å². The zero-order valence-electron chi connectivity index (χ0n) is 8.51. The first-order valence-corrected chi connectivity index (χ1v) is 5.01. The number of carboxylic acids is 1. The Balaban J connectivity index is 2.65. The van der Waals surface area contributed by atoms with Crippen molar-refractivity contribution < 1.29 is 9.90 Å². The minimum absolute atomic E-state index is 0.542. The summed E-state index contributed by atoms with van der Waals surface area (Å²) in [6.45, 7) is 1.81. The standard InChI is InChI=1S/C11H9ClN2O2/c1-7-9(4-5-10(15)16)14-6-2-3-8(12)11(14)13-7/h2-6H,1H3,(H,15,16)/b5-4+. The second-order valence-corrected chi connectivity index (χ2v) is 3.71. The quantitative estimate of drug-likeness (QED) is 0.815. The number of hydrogen-bond donors (Lipinski definition) is 1. The van der Waals surface area contributed by atoms with Crippen LogP contribution in [0, 0.1) is 6.92 Å². The van der Waals surface area contributed by atoms with Crippen molar-refractivity contribution in [1.82, 2.24) is 9.38 Å². The van der Waals surface area contributed by atoms with E-state index in [1.165, 1.54) is 6.08 Å². The highest BCUT2D eigenvalue weighted by molar-refractivity contribution is 6.33. The number of rotatable bonds is 2. The van der Waals surface area contributed by atoms with Crippen molar-refractivity contribution in [2.45, 2.75) is 6.92 Å². The summed E-state index contributed by atoms with van der Waals surface area (Å²) in [7, 11) is 0. The van der Waals surface area contributed by atoms with Crippen molar-refractivity contribution in [2.75, 3.05) is 0 Å². The molecule has 0 saturated carbocycles. The van der Waals surface area contributed by atoms with Gasteiger partial charge in [-0.1, -0.05) is 11.6 Å². The van der Waals surface area contributed by atoms with Crippen LogP contribution < -0.4 is 0 Å². The second kappa shape index (κ2) is 3.98. The number of nitrogens with zero attached hydrogens (tertiary/aromatic N) is 2. The SMILES string of the molecule is Cc1nc2c(Cl)cccn2c1/C=C/C(=O)O. The summed E-state index contributed by atoms with van der Waals surface area (Å²) >= 11 is 5.98. The van der Waals surface area contributed by atoms with Crippen molar-refractivity contribution in [2.24, 2.45) is 0 Å². The van der Waals surface area contributed by atoms with E-state index in [1.807, 2.05) is 6.92 Å². The molecule has 0 aliphatic carbocycles. The lowest BCUT2D eigenvalue weighted by atomic mass is 10.3. The summed E-state index contributed by atoms with van der Waals surface area (Å²) in [5.41, 5.74) is 2.09. The Morgan fingerprint density at radius 1 is 1.62 bits per heavy atom. The number of carboxylic acid groups (broad SMARTS) is 1. The summed E-state index contributed by atoms with van der Waals surface area (Å²) in [6.07, 6.45) is 4.38. The molecule has 0 spiro atoms. The molecule has 0 aliphatic rings. The number of halogens is 1. The topological polar surface area (TPSA) is 54.6 Å². The van der Waals surface area contributed by atoms with E-state index in [0.29, 0.717) is 10.7 Å². The van der Waals surface area contributed by atoms with E-state index in [4.69, 9.17) is 16.7 Å². The first-order chi connectivity index (χ1) is 7.59. The molecule has 2 rings (SSSR count). The highest BCUT2D eigenvalue weighted by atomic mass is 35.5. The number of pyridine rings is 1. The first-order valence-electron chi connectivity index (χ1n) is 4.64. The van der Waals surface area contributed by atoms with Crippen molar-refractivity contribution in [1.29, 1.82) is 0 Å². The average molecular weight is 237 g/mol. The maximum atomic E-state index is 10.5. The molecular weight excluding hydrogens is 228 g/mol. The highest BCUT2D eigenvalue weighted by Gasteiger charge is 2.08. The first kappa shape index (κ1) is 10.7. The fourth-order valence-electron chi connectivity index (χ4n) is 1.52. The van der Waals surface area contributed by atoms with Crippen LogP contribution in [-0.2, 0) is 4.79 Å². The van der Waals surface area contributed by atoms with Crippen LogP contribution >= 0.6 is 11.6 Å². The van der Waals surface area contributed by atoms with Gasteiger partial charge in [-0.3, -0.25) is 4.40 Å². The molecule has 0 fully saturated rings. The van der Waals surface area contributed by atoms with Crippen LogP contribution in [-0.4, -0.2) is 20.5 Å². The van der Waals surface area contributed by atoms with Crippen LogP contribution in [0.2, 0.25) is 5.02 Å². The zero-order valence-corrected chi connectivity index (χ0v) is 9.27. The van der Waals surface area contributed by atoms with E-state index in [0.717, 1.165) is 17.5 Å². The zero-order chi connectivity index (χ0) is 11.7. The number of aryl methyl sites for hydroxylation is 1. The van der Waals surface area contributed by atoms with Gasteiger partial charge in [0.15, 0.2) is 5.65 Å². The summed E-state index contributed by atoms with van der Waals surface area (Å²) in [6, 6.07) is 3.53. The molecule has 0 atom stereocenters. The Labute approximate surface area is 96.8 Å². The normalized spacial score (nSPS) is 11.4. The van der Waals surface area contributed by atoms with Crippen LogP contribution in [0.4, 0.5) is 0 Å². The molecular formula is C11H9ClN2O2. The van der Waals surface area contributed by atoms with Crippen molar-refractivity contribution in [3.63, 3.8) is 0 Å². The number of aromatic nitrogens is 2. The molecule has 16 heavy (non-hydrogen) atoms. The van der Waals surface area contributed by atoms with Crippen LogP contribution in [0.5, 0.6) is 0 Å². The number of fused-ring (bicyclic) bond motifs is 1. The summed E-state index contributed by atoms with van der Waals surface area (Å²) in [5.74, 6) is -0.989. The average Bonchev–Trinajstić information content (AvgIpc) is 2.53. The van der Waals surface area contributed by atoms with Crippen LogP contribution in [0.15, 0.2) is 24.4 Å². The number of hydrogen-bond acceptors (Lipinski definition) is 2. The summed E-state index contributed by atoms with van der Waals surface area (Å²) in [5, 5.41) is 9.13. The number of imidazole rings is 1. The molecule has 2 aromatic heterocycles. The van der Waals surface area contributed by atoms with Gasteiger partial charge >= 0.3 is 5.97 Å². The van der Waals surface area contributed by atoms with Gasteiger partial charge in [-0.25, -0.2) is 9.78 Å². The lowest BCUT2D eigenvalue weighted by molar-refractivity contribution is -0.131. The maximum Gasteiger partial charge on any atom is 0.328 e. The molecule has 0 saturated heterocycles. The van der Waals surface area contributed by atoms with Gasteiger partial charge in [-0.2, -0.15) is 0 Å². The van der Waals surface area contributed by atoms with Gasteiger partial charge in [0.25, 0.3) is 0 Å². The molecule has 0 amide bonds. The monoisotopic (exact) mass is 236 g/mol. The molecule has 82 valence electrons. The van der Waals surface area contributed by atoms with Crippen LogP contribution in [0.25, 0.3) is 11.7 Å². The van der Waals surface area contributed by atoms with E-state index in [2.05, 4.69) is 4.98 Å². The predicted molar refractivity (Wildman–Crippen MR) is 61.6 cm³/mol. The molecule has 1 N–H and O–H groups in total. The van der Waals surface area contributed by atoms with Gasteiger partial charge < -0.3 is 5.11 Å². The van der Waals surface area contributed by atoms with Crippen LogP contribution in [0.3, 0.4) is 0 Å². The van der Waals surface area contributed by atoms with Gasteiger partial charge in [-0.15, -0.1) is 0 Å². The van der Waals surface area contributed by atoms with Gasteiger partial charge in [0.05, 0.1) is 16.4 Å². The Morgan fingerprint density at radius 2 is 2.38 bits per heavy atom. The largest absolute Gasteiger partial charge is 0.478 e. The third kappa shape index (κ3) is 1.79. The minimum Gasteiger partial charge on any atom is -0.478 e. The third-order valence-electron chi connectivity index (χ3n) is 2.21. The van der Waals surface area contributed by atoms with Crippen LogP contribution in [0.1, 0.15) is 11.4 Å². The van der Waals surface area contributed by atoms with E-state index >= 15 is 0 Å². The van der Waals surface area contributed by atoms with Crippen molar-refractivity contribution in [3.05, 3.63) is 40.8 Å². The predicted octanol–water partition coefficient (Wildman–Crippen LogP) is 2.39. The maximum absolute atomic E-state index is 10.5. The Bertz CT molecular complexity index is 587. The van der Waals surface area contributed by atoms with Crippen molar-refractivity contribution >= 4 is 29.3 Å². The van der Waals surface area contributed by atoms with E-state index < -0.39 is 5.97 Å². The Morgan fingerprint density at radius 3 is 3.06 bits per heavy atom. The minimum atomic E-state index is -0.989. The fourth-order valence-corrected chi connectivity index (χ4v) is 1.72. The molecule has 0 aliphatic heterocycles. The van der Waals surface area contributed by atoms with E-state index in [-0.39, 0.29) is 0 Å². The smallest absolute Gasteiger partial charge is 0.328 e. The summed E-state index contributed by atoms with van der Waals surface area (Å²) < 4.78 is 1.76. The molecule has 2 aromatic rings. The molecule has 5 heteroatoms. The van der Waals surface area contributed by atoms with Gasteiger partial charge in [0, 0.05) is 12.3 Å². The second-order valence-electron chi connectivity index (χ2n) is 3.30. The third-order valence-corrected chi connectivity index (χ3v) is 2.50. The number of carbonyl (C=O) groups is 1. The lowest BCUT2D eigenvalue weighted by Gasteiger charge is -1.97. The van der Waals surface area contributed by atoms with Gasteiger partial charge in [0.2, 0.25) is 0 Å². The van der Waals surface area contributed by atoms with E-state index in [9.17, 15) is 4.79 Å². The fraction of sp³-hybridized carbons (Fsp3) is 0.0909. The molecule has 0 radical (unpaired) electrons. The Hall–Kier alpha value is -1.81. The van der Waals surface area contributed by atoms with Crippen molar-refractivity contribution in [3.8, 4) is 0 Å². The molecule has 0 bridgehead atoms. The van der Waals surface area contributed by atoms with Gasteiger partial charge in [-0.05, 0) is 25.1 Å². The van der Waals surface area contributed by atoms with E-state index in [1.54, 1.807) is 22.7 Å². The number of aliphatic carboxylic acids is 1. The summed E-state index contributed by atoms with van der Waals surface area (Å²) in [4.78, 5) is 14.7. The molecule has 0 unspecified atom stereocenters. The lowest BCUT2D eigenvalue weighted by Crippen LogP contribution is -1.90. The molecule has 4 nitrogen and oxygen atoms in total. The Kier molecular flexibility index (Phi) is 2.66. The highest BCUT2D eigenvalue weighted by Crippen LogP contribution is 2.20. The molecule has 0 aromatic carbocycles.